The zero-order valence-electron chi connectivity index (χ0n) is 12.3. The molecule has 18 heavy (non-hydrogen) atoms. The molecule has 0 aromatic heterocycles. The molecule has 0 N–H and O–H groups in total. The molecule has 0 aliphatic heterocycles. The summed E-state index contributed by atoms with van der Waals surface area (Å²) in [6.45, 7) is 6.24. The van der Waals surface area contributed by atoms with Crippen LogP contribution in [0.3, 0.4) is 0 Å². The summed E-state index contributed by atoms with van der Waals surface area (Å²) in [6.07, 6.45) is 10.9. The summed E-state index contributed by atoms with van der Waals surface area (Å²) in [6, 6.07) is 0. The van der Waals surface area contributed by atoms with Gasteiger partial charge >= 0.3 is 5.97 Å². The number of rotatable bonds is 3. The van der Waals surface area contributed by atoms with Gasteiger partial charge in [-0.25, -0.2) is 0 Å². The van der Waals surface area contributed by atoms with Crippen LogP contribution in [0, 0.1) is 11.3 Å². The monoisotopic (exact) mass is 252 g/mol. The number of esters is 1. The Bertz CT molecular complexity index is 304. The van der Waals surface area contributed by atoms with Crippen LogP contribution < -0.4 is 0 Å². The van der Waals surface area contributed by atoms with Crippen LogP contribution in [0.2, 0.25) is 0 Å². The molecule has 0 heterocycles. The van der Waals surface area contributed by atoms with E-state index in [0.29, 0.717) is 5.41 Å². The van der Waals surface area contributed by atoms with E-state index in [2.05, 4.69) is 13.8 Å². The molecule has 0 radical (unpaired) electrons. The highest BCUT2D eigenvalue weighted by atomic mass is 16.6. The van der Waals surface area contributed by atoms with E-state index < -0.39 is 0 Å². The van der Waals surface area contributed by atoms with E-state index in [1.54, 1.807) is 0 Å². The maximum Gasteiger partial charge on any atom is 0.309 e. The van der Waals surface area contributed by atoms with Crippen molar-refractivity contribution in [3.05, 3.63) is 0 Å². The van der Waals surface area contributed by atoms with Crippen LogP contribution in [0.15, 0.2) is 0 Å². The Morgan fingerprint density at radius 3 is 2.33 bits per heavy atom. The number of hydrogen-bond donors (Lipinski definition) is 0. The molecule has 2 aliphatic rings. The second-order valence-electron chi connectivity index (χ2n) is 6.66. The summed E-state index contributed by atoms with van der Waals surface area (Å²) < 4.78 is 6.01. The van der Waals surface area contributed by atoms with Crippen molar-refractivity contribution >= 4 is 5.97 Å². The van der Waals surface area contributed by atoms with Gasteiger partial charge in [-0.2, -0.15) is 0 Å². The fourth-order valence-corrected chi connectivity index (χ4v) is 3.95. The predicted molar refractivity (Wildman–Crippen MR) is 73.3 cm³/mol. The number of ether oxygens (including phenoxy) is 1. The van der Waals surface area contributed by atoms with Gasteiger partial charge in [0, 0.05) is 5.41 Å². The lowest BCUT2D eigenvalue weighted by atomic mass is 9.65. The van der Waals surface area contributed by atoms with Crippen LogP contribution in [-0.4, -0.2) is 11.6 Å². The van der Waals surface area contributed by atoms with E-state index in [-0.39, 0.29) is 17.5 Å². The van der Waals surface area contributed by atoms with Crippen molar-refractivity contribution < 1.29 is 9.53 Å². The van der Waals surface area contributed by atoms with Gasteiger partial charge in [-0.1, -0.05) is 33.1 Å². The first kappa shape index (κ1) is 13.9. The van der Waals surface area contributed by atoms with Gasteiger partial charge in [0.05, 0.1) is 5.92 Å². The third-order valence-corrected chi connectivity index (χ3v) is 5.58. The average molecular weight is 252 g/mol. The summed E-state index contributed by atoms with van der Waals surface area (Å²) in [5.74, 6) is 0.0647. The van der Waals surface area contributed by atoms with Crippen molar-refractivity contribution in [1.29, 1.82) is 0 Å². The zero-order chi connectivity index (χ0) is 13.2. The minimum Gasteiger partial charge on any atom is -0.459 e. The predicted octanol–water partition coefficient (Wildman–Crippen LogP) is 4.47. The lowest BCUT2D eigenvalue weighted by Crippen LogP contribution is -2.47. The lowest BCUT2D eigenvalue weighted by Gasteiger charge is -2.46. The highest BCUT2D eigenvalue weighted by Gasteiger charge is 2.54. The molecule has 0 amide bonds. The molecule has 1 spiro atoms. The number of carbonyl (C=O) groups excluding carboxylic acids is 1. The van der Waals surface area contributed by atoms with Crippen molar-refractivity contribution in [2.24, 2.45) is 11.3 Å². The molecular formula is C16H28O2. The van der Waals surface area contributed by atoms with E-state index in [4.69, 9.17) is 4.74 Å². The van der Waals surface area contributed by atoms with Crippen molar-refractivity contribution in [2.75, 3.05) is 0 Å². The van der Waals surface area contributed by atoms with Gasteiger partial charge in [0.1, 0.15) is 5.60 Å². The van der Waals surface area contributed by atoms with Gasteiger partial charge in [-0.3, -0.25) is 4.79 Å². The van der Waals surface area contributed by atoms with Crippen LogP contribution in [0.1, 0.15) is 78.6 Å². The van der Waals surface area contributed by atoms with Crippen LogP contribution in [-0.2, 0) is 9.53 Å². The van der Waals surface area contributed by atoms with Gasteiger partial charge in [-0.05, 0) is 45.4 Å². The maximum absolute atomic E-state index is 12.1. The summed E-state index contributed by atoms with van der Waals surface area (Å²) in [5.41, 5.74) is 0.113. The van der Waals surface area contributed by atoms with E-state index in [9.17, 15) is 4.79 Å². The molecule has 2 nitrogen and oxygen atoms in total. The molecule has 0 aromatic rings. The molecule has 2 unspecified atom stereocenters. The molecular weight excluding hydrogens is 224 g/mol. The van der Waals surface area contributed by atoms with Gasteiger partial charge in [0.2, 0.25) is 0 Å². The first-order valence-electron chi connectivity index (χ1n) is 7.76. The minimum absolute atomic E-state index is 0.0202. The molecule has 0 aromatic carbocycles. The number of hydrogen-bond acceptors (Lipinski definition) is 2. The Kier molecular flexibility index (Phi) is 4.03. The fourth-order valence-electron chi connectivity index (χ4n) is 3.95. The summed E-state index contributed by atoms with van der Waals surface area (Å²) in [5, 5.41) is 0. The van der Waals surface area contributed by atoms with E-state index >= 15 is 0 Å². The Balaban J connectivity index is 2.10. The molecule has 104 valence electrons. The van der Waals surface area contributed by atoms with Crippen LogP contribution in [0.4, 0.5) is 0 Å². The molecule has 2 rings (SSSR count). The third-order valence-electron chi connectivity index (χ3n) is 5.58. The molecule has 2 heteroatoms. The van der Waals surface area contributed by atoms with Crippen molar-refractivity contribution in [3.8, 4) is 0 Å². The van der Waals surface area contributed by atoms with Crippen LogP contribution in [0.25, 0.3) is 0 Å². The van der Waals surface area contributed by atoms with Crippen molar-refractivity contribution in [3.63, 3.8) is 0 Å². The standard InChI is InChI=1S/C16H28O2/c1-4-13(2)14(17)18-15(3)9-8-12-16(15)10-6-5-7-11-16/h13H,4-12H2,1-3H3. The Labute approximate surface area is 111 Å². The lowest BCUT2D eigenvalue weighted by molar-refractivity contribution is -0.177. The SMILES string of the molecule is CCC(C)C(=O)OC1(C)CCCC12CCCCC2. The first-order valence-corrected chi connectivity index (χ1v) is 7.76. The smallest absolute Gasteiger partial charge is 0.309 e. The zero-order valence-corrected chi connectivity index (χ0v) is 12.3. The average Bonchev–Trinajstić information content (AvgIpc) is 2.66. The Morgan fingerprint density at radius 1 is 1.11 bits per heavy atom. The van der Waals surface area contributed by atoms with Gasteiger partial charge in [0.25, 0.3) is 0 Å². The van der Waals surface area contributed by atoms with E-state index in [1.165, 1.54) is 44.9 Å². The molecule has 0 bridgehead atoms. The largest absolute Gasteiger partial charge is 0.459 e. The topological polar surface area (TPSA) is 26.3 Å². The van der Waals surface area contributed by atoms with Gasteiger partial charge < -0.3 is 4.74 Å². The van der Waals surface area contributed by atoms with Gasteiger partial charge in [-0.15, -0.1) is 0 Å². The Morgan fingerprint density at radius 2 is 1.72 bits per heavy atom. The summed E-state index contributed by atoms with van der Waals surface area (Å²) in [4.78, 5) is 12.1. The highest BCUT2D eigenvalue weighted by Crippen LogP contribution is 2.56. The molecule has 2 atom stereocenters. The van der Waals surface area contributed by atoms with Crippen LogP contribution in [0.5, 0.6) is 0 Å². The highest BCUT2D eigenvalue weighted by molar-refractivity contribution is 5.72. The normalized spacial score (nSPS) is 32.4. The first-order chi connectivity index (χ1) is 8.53. The van der Waals surface area contributed by atoms with E-state index in [1.807, 2.05) is 6.92 Å². The third kappa shape index (κ3) is 2.31. The molecule has 0 saturated heterocycles. The second-order valence-corrected chi connectivity index (χ2v) is 6.66. The summed E-state index contributed by atoms with van der Waals surface area (Å²) in [7, 11) is 0. The second kappa shape index (κ2) is 5.22. The maximum atomic E-state index is 12.1. The molecule has 2 aliphatic carbocycles. The van der Waals surface area contributed by atoms with E-state index in [0.717, 1.165) is 12.8 Å². The summed E-state index contributed by atoms with van der Waals surface area (Å²) >= 11 is 0. The number of carbonyl (C=O) groups is 1. The fraction of sp³-hybridized carbons (Fsp3) is 0.938. The Hall–Kier alpha value is -0.530. The van der Waals surface area contributed by atoms with Gasteiger partial charge in [0.15, 0.2) is 0 Å². The minimum atomic E-state index is -0.187. The van der Waals surface area contributed by atoms with Crippen molar-refractivity contribution in [1.82, 2.24) is 0 Å². The van der Waals surface area contributed by atoms with Crippen LogP contribution >= 0.6 is 0 Å². The molecule has 2 saturated carbocycles. The molecule has 2 fully saturated rings. The van der Waals surface area contributed by atoms with Crippen molar-refractivity contribution in [2.45, 2.75) is 84.2 Å². The quantitative estimate of drug-likeness (QED) is 0.693.